The van der Waals surface area contributed by atoms with Crippen molar-refractivity contribution in [3.63, 3.8) is 0 Å². The molecule has 1 N–H and O–H groups in total. The zero-order valence-electron chi connectivity index (χ0n) is 6.90. The van der Waals surface area contributed by atoms with Gasteiger partial charge in [0.25, 0.3) is 6.29 Å². The van der Waals surface area contributed by atoms with Gasteiger partial charge < -0.3 is 9.84 Å². The van der Waals surface area contributed by atoms with Crippen LogP contribution in [0.25, 0.3) is 0 Å². The van der Waals surface area contributed by atoms with Crippen LogP contribution in [0.5, 0.6) is 0 Å². The van der Waals surface area contributed by atoms with Crippen LogP contribution in [-0.4, -0.2) is 24.2 Å². The number of halogens is 3. The molecule has 0 aliphatic heterocycles. The normalized spacial score (nSPS) is 14.8. The number of alkyl halides is 3. The lowest BCUT2D eigenvalue weighted by Crippen LogP contribution is -2.31. The minimum Gasteiger partial charge on any atom is -0.361 e. The summed E-state index contributed by atoms with van der Waals surface area (Å²) < 4.78 is 38.9. The summed E-state index contributed by atoms with van der Waals surface area (Å²) in [5.74, 6) is 0. The van der Waals surface area contributed by atoms with Crippen LogP contribution in [0.4, 0.5) is 13.2 Å². The molecular weight excluding hydrogens is 173 g/mol. The average molecular weight is 186 g/mol. The first-order valence-electron chi connectivity index (χ1n) is 3.85. The van der Waals surface area contributed by atoms with Crippen LogP contribution in [0.3, 0.4) is 0 Å². The molecule has 0 spiro atoms. The number of unbranched alkanes of at least 4 members (excludes halogenated alkanes) is 2. The zero-order chi connectivity index (χ0) is 9.61. The van der Waals surface area contributed by atoms with Crippen molar-refractivity contribution < 1.29 is 23.0 Å². The molecule has 0 aliphatic rings. The molecule has 0 saturated carbocycles. The Morgan fingerprint density at radius 1 is 1.33 bits per heavy atom. The first-order valence-corrected chi connectivity index (χ1v) is 3.85. The topological polar surface area (TPSA) is 29.5 Å². The summed E-state index contributed by atoms with van der Waals surface area (Å²) >= 11 is 0. The molecule has 0 saturated heterocycles. The largest absolute Gasteiger partial charge is 0.439 e. The van der Waals surface area contributed by atoms with Gasteiger partial charge in [0.15, 0.2) is 0 Å². The molecule has 0 amide bonds. The van der Waals surface area contributed by atoms with Crippen molar-refractivity contribution in [2.24, 2.45) is 0 Å². The second-order valence-electron chi connectivity index (χ2n) is 2.47. The van der Waals surface area contributed by atoms with Crippen molar-refractivity contribution in [3.05, 3.63) is 0 Å². The van der Waals surface area contributed by atoms with Crippen molar-refractivity contribution >= 4 is 0 Å². The van der Waals surface area contributed by atoms with E-state index in [-0.39, 0.29) is 6.61 Å². The molecule has 0 bridgehead atoms. The highest BCUT2D eigenvalue weighted by Crippen LogP contribution is 2.20. The predicted molar refractivity (Wildman–Crippen MR) is 37.5 cm³/mol. The number of aliphatic hydroxyl groups excluding tert-OH is 1. The number of aliphatic hydroxyl groups is 1. The summed E-state index contributed by atoms with van der Waals surface area (Å²) in [6.07, 6.45) is -5.03. The van der Waals surface area contributed by atoms with E-state index in [0.717, 1.165) is 12.8 Å². The molecule has 1 unspecified atom stereocenters. The summed E-state index contributed by atoms with van der Waals surface area (Å²) in [6, 6.07) is 0. The van der Waals surface area contributed by atoms with Crippen LogP contribution in [0.1, 0.15) is 26.2 Å². The van der Waals surface area contributed by atoms with E-state index >= 15 is 0 Å². The van der Waals surface area contributed by atoms with Crippen LogP contribution in [0.15, 0.2) is 0 Å². The Bertz CT molecular complexity index is 114. The summed E-state index contributed by atoms with van der Waals surface area (Å²) in [6.45, 7) is 1.88. The van der Waals surface area contributed by atoms with Gasteiger partial charge in [-0.1, -0.05) is 19.8 Å². The summed E-state index contributed by atoms with van der Waals surface area (Å²) in [4.78, 5) is 0. The van der Waals surface area contributed by atoms with Crippen molar-refractivity contribution in [1.82, 2.24) is 0 Å². The van der Waals surface area contributed by atoms with Crippen LogP contribution >= 0.6 is 0 Å². The fourth-order valence-electron chi connectivity index (χ4n) is 0.642. The number of hydrogen-bond donors (Lipinski definition) is 1. The maximum atomic E-state index is 11.6. The van der Waals surface area contributed by atoms with Crippen molar-refractivity contribution in [2.45, 2.75) is 38.7 Å². The smallest absolute Gasteiger partial charge is 0.361 e. The van der Waals surface area contributed by atoms with E-state index in [1.54, 1.807) is 0 Å². The van der Waals surface area contributed by atoms with Gasteiger partial charge in [-0.3, -0.25) is 0 Å². The second-order valence-corrected chi connectivity index (χ2v) is 2.47. The molecule has 1 atom stereocenters. The van der Waals surface area contributed by atoms with Gasteiger partial charge >= 0.3 is 6.18 Å². The summed E-state index contributed by atoms with van der Waals surface area (Å²) in [5.41, 5.74) is 0. The van der Waals surface area contributed by atoms with E-state index in [0.29, 0.717) is 6.42 Å². The third kappa shape index (κ3) is 5.37. The minimum atomic E-state index is -4.66. The van der Waals surface area contributed by atoms with Gasteiger partial charge in [-0.2, -0.15) is 13.2 Å². The maximum absolute atomic E-state index is 11.6. The predicted octanol–water partition coefficient (Wildman–Crippen LogP) is 2.07. The molecule has 0 aromatic carbocycles. The molecule has 0 fully saturated rings. The average Bonchev–Trinajstić information content (AvgIpc) is 1.96. The van der Waals surface area contributed by atoms with Gasteiger partial charge in [-0.15, -0.1) is 0 Å². The lowest BCUT2D eigenvalue weighted by atomic mass is 10.3. The highest BCUT2D eigenvalue weighted by molar-refractivity contribution is 4.52. The fraction of sp³-hybridized carbons (Fsp3) is 1.00. The summed E-state index contributed by atoms with van der Waals surface area (Å²) in [7, 11) is 0. The molecule has 0 aromatic heterocycles. The van der Waals surface area contributed by atoms with Crippen LogP contribution in [0.2, 0.25) is 0 Å². The van der Waals surface area contributed by atoms with E-state index in [4.69, 9.17) is 5.11 Å². The Kier molecular flexibility index (Phi) is 5.24. The molecular formula is C7H13F3O2. The van der Waals surface area contributed by atoms with Crippen LogP contribution < -0.4 is 0 Å². The van der Waals surface area contributed by atoms with Gasteiger partial charge in [0.05, 0.1) is 6.61 Å². The Morgan fingerprint density at radius 2 is 1.92 bits per heavy atom. The third-order valence-electron chi connectivity index (χ3n) is 1.30. The Hall–Kier alpha value is -0.290. The van der Waals surface area contributed by atoms with Crippen molar-refractivity contribution in [3.8, 4) is 0 Å². The maximum Gasteiger partial charge on any atom is 0.439 e. The zero-order valence-corrected chi connectivity index (χ0v) is 6.90. The molecule has 2 nitrogen and oxygen atoms in total. The van der Waals surface area contributed by atoms with Crippen molar-refractivity contribution in [1.29, 1.82) is 0 Å². The van der Waals surface area contributed by atoms with E-state index in [1.165, 1.54) is 0 Å². The molecule has 5 heteroatoms. The van der Waals surface area contributed by atoms with E-state index in [2.05, 4.69) is 4.74 Å². The first-order chi connectivity index (χ1) is 5.48. The van der Waals surface area contributed by atoms with Crippen LogP contribution in [0, 0.1) is 0 Å². The van der Waals surface area contributed by atoms with E-state index in [1.807, 2.05) is 6.92 Å². The Balaban J connectivity index is 3.38. The highest BCUT2D eigenvalue weighted by Gasteiger charge is 2.39. The minimum absolute atomic E-state index is 0.0471. The van der Waals surface area contributed by atoms with Crippen molar-refractivity contribution in [2.75, 3.05) is 6.61 Å². The van der Waals surface area contributed by atoms with Gasteiger partial charge in [-0.05, 0) is 6.42 Å². The van der Waals surface area contributed by atoms with Crippen LogP contribution in [-0.2, 0) is 4.74 Å². The number of hydrogen-bond acceptors (Lipinski definition) is 2. The number of ether oxygens (including phenoxy) is 1. The fourth-order valence-corrected chi connectivity index (χ4v) is 0.642. The summed E-state index contributed by atoms with van der Waals surface area (Å²) in [5, 5.41) is 8.34. The second kappa shape index (κ2) is 5.37. The van der Waals surface area contributed by atoms with Gasteiger partial charge in [-0.25, -0.2) is 0 Å². The molecule has 74 valence electrons. The molecule has 0 aliphatic carbocycles. The molecule has 0 radical (unpaired) electrons. The molecule has 0 rings (SSSR count). The van der Waals surface area contributed by atoms with Gasteiger partial charge in [0, 0.05) is 0 Å². The van der Waals surface area contributed by atoms with Gasteiger partial charge in [0.2, 0.25) is 0 Å². The molecule has 0 heterocycles. The lowest BCUT2D eigenvalue weighted by molar-refractivity contribution is -0.293. The number of rotatable bonds is 5. The highest BCUT2D eigenvalue weighted by atomic mass is 19.4. The van der Waals surface area contributed by atoms with E-state index < -0.39 is 12.5 Å². The van der Waals surface area contributed by atoms with Gasteiger partial charge in [0.1, 0.15) is 0 Å². The Morgan fingerprint density at radius 3 is 2.33 bits per heavy atom. The molecule has 12 heavy (non-hydrogen) atoms. The third-order valence-corrected chi connectivity index (χ3v) is 1.30. The quantitative estimate of drug-likeness (QED) is 0.526. The van der Waals surface area contributed by atoms with E-state index in [9.17, 15) is 13.2 Å². The lowest BCUT2D eigenvalue weighted by Gasteiger charge is -2.14. The standard InChI is InChI=1S/C7H13F3O2/c1-2-3-4-5-12-6(11)7(8,9)10/h6,11H,2-5H2,1H3. The first kappa shape index (κ1) is 11.7. The monoisotopic (exact) mass is 186 g/mol. The SMILES string of the molecule is CCCCCOC(O)C(F)(F)F. The Labute approximate surface area is 69.3 Å². The molecule has 0 aromatic rings.